The van der Waals surface area contributed by atoms with E-state index in [-0.39, 0.29) is 10.9 Å². The van der Waals surface area contributed by atoms with E-state index in [1.165, 1.54) is 0 Å². The van der Waals surface area contributed by atoms with Gasteiger partial charge in [-0.2, -0.15) is 5.10 Å². The van der Waals surface area contributed by atoms with E-state index in [0.29, 0.717) is 28.0 Å². The second kappa shape index (κ2) is 7.48. The Kier molecular flexibility index (Phi) is 5.33. The first-order valence-electron chi connectivity index (χ1n) is 7.49. The van der Waals surface area contributed by atoms with E-state index < -0.39 is 0 Å². The Labute approximate surface area is 160 Å². The minimum atomic E-state index is -0.366. The summed E-state index contributed by atoms with van der Waals surface area (Å²) in [6.07, 6.45) is 0. The van der Waals surface area contributed by atoms with Crippen molar-refractivity contribution in [1.82, 2.24) is 9.78 Å². The fraction of sp³-hybridized carbons (Fsp3) is 0.111. The van der Waals surface area contributed by atoms with Gasteiger partial charge in [-0.15, -0.1) is 0 Å². The Hall–Kier alpha value is -2.01. The molecule has 128 valence electrons. The normalized spacial score (nSPS) is 10.7. The summed E-state index contributed by atoms with van der Waals surface area (Å²) < 4.78 is 1.77. The van der Waals surface area contributed by atoms with Crippen LogP contribution in [0, 0.1) is 6.92 Å². The van der Waals surface area contributed by atoms with Crippen LogP contribution >= 0.6 is 34.8 Å². The molecule has 0 aliphatic rings. The first-order valence-corrected chi connectivity index (χ1v) is 8.62. The number of carbonyl (C=O) groups excluding carboxylic acids is 1. The summed E-state index contributed by atoms with van der Waals surface area (Å²) >= 11 is 18.2. The molecule has 0 fully saturated rings. The van der Waals surface area contributed by atoms with E-state index >= 15 is 0 Å². The van der Waals surface area contributed by atoms with Crippen LogP contribution in [0.3, 0.4) is 0 Å². The van der Waals surface area contributed by atoms with Crippen LogP contribution in [-0.2, 0) is 6.54 Å². The quantitative estimate of drug-likeness (QED) is 0.639. The second-order valence-electron chi connectivity index (χ2n) is 5.48. The molecule has 0 saturated heterocycles. The highest BCUT2D eigenvalue weighted by atomic mass is 35.5. The van der Waals surface area contributed by atoms with Gasteiger partial charge in [0.15, 0.2) is 5.82 Å². The minimum Gasteiger partial charge on any atom is -0.305 e. The molecule has 0 aliphatic heterocycles. The molecule has 25 heavy (non-hydrogen) atoms. The SMILES string of the molecule is Cc1cc(NC(=O)c2cccc(Cl)c2Cl)nn1Cc1ccccc1Cl. The van der Waals surface area contributed by atoms with E-state index in [9.17, 15) is 4.79 Å². The molecule has 0 radical (unpaired) electrons. The molecule has 3 rings (SSSR count). The summed E-state index contributed by atoms with van der Waals surface area (Å²) in [5.74, 6) is 0.0699. The van der Waals surface area contributed by atoms with Gasteiger partial charge in [0.25, 0.3) is 5.91 Å². The summed E-state index contributed by atoms with van der Waals surface area (Å²) in [5, 5.41) is 8.37. The van der Waals surface area contributed by atoms with Crippen molar-refractivity contribution < 1.29 is 4.79 Å². The lowest BCUT2D eigenvalue weighted by atomic mass is 10.2. The van der Waals surface area contributed by atoms with Crippen molar-refractivity contribution in [2.24, 2.45) is 0 Å². The lowest BCUT2D eigenvalue weighted by molar-refractivity contribution is 0.102. The highest BCUT2D eigenvalue weighted by molar-refractivity contribution is 6.44. The van der Waals surface area contributed by atoms with Crippen molar-refractivity contribution in [3.8, 4) is 0 Å². The van der Waals surface area contributed by atoms with Gasteiger partial charge in [0.2, 0.25) is 0 Å². The summed E-state index contributed by atoms with van der Waals surface area (Å²) in [5.41, 5.74) is 2.14. The van der Waals surface area contributed by atoms with Gasteiger partial charge in [-0.25, -0.2) is 0 Å². The van der Waals surface area contributed by atoms with Crippen LogP contribution in [-0.4, -0.2) is 15.7 Å². The molecule has 0 aliphatic carbocycles. The van der Waals surface area contributed by atoms with Crippen LogP contribution in [0.25, 0.3) is 0 Å². The largest absolute Gasteiger partial charge is 0.305 e. The maximum Gasteiger partial charge on any atom is 0.258 e. The standard InChI is InChI=1S/C18H14Cl3N3O/c1-11-9-16(22-18(25)13-6-4-8-15(20)17(13)21)23-24(11)10-12-5-2-3-7-14(12)19/h2-9H,10H2,1H3,(H,22,23,25). The zero-order chi connectivity index (χ0) is 18.0. The predicted molar refractivity (Wildman–Crippen MR) is 102 cm³/mol. The third kappa shape index (κ3) is 3.98. The third-order valence-corrected chi connectivity index (χ3v) is 4.88. The number of amides is 1. The van der Waals surface area contributed by atoms with Crippen LogP contribution in [0.1, 0.15) is 21.6 Å². The number of rotatable bonds is 4. The number of aryl methyl sites for hydroxylation is 1. The molecule has 1 N–H and O–H groups in total. The average molecular weight is 395 g/mol. The first kappa shape index (κ1) is 17.8. The van der Waals surface area contributed by atoms with Crippen molar-refractivity contribution in [2.75, 3.05) is 5.32 Å². The Balaban J connectivity index is 1.80. The second-order valence-corrected chi connectivity index (χ2v) is 6.67. The van der Waals surface area contributed by atoms with Gasteiger partial charge in [0.05, 0.1) is 22.2 Å². The molecule has 0 atom stereocenters. The number of nitrogens with one attached hydrogen (secondary N) is 1. The highest BCUT2D eigenvalue weighted by Gasteiger charge is 2.15. The van der Waals surface area contributed by atoms with Crippen LogP contribution in [0.5, 0.6) is 0 Å². The Morgan fingerprint density at radius 3 is 2.56 bits per heavy atom. The summed E-state index contributed by atoms with van der Waals surface area (Å²) in [6, 6.07) is 14.3. The minimum absolute atomic E-state index is 0.217. The molecule has 0 unspecified atom stereocenters. The Morgan fingerprint density at radius 2 is 1.80 bits per heavy atom. The molecule has 1 heterocycles. The summed E-state index contributed by atoms with van der Waals surface area (Å²) in [6.45, 7) is 2.42. The zero-order valence-electron chi connectivity index (χ0n) is 13.3. The van der Waals surface area contributed by atoms with Crippen LogP contribution in [0.2, 0.25) is 15.1 Å². The van der Waals surface area contributed by atoms with Gasteiger partial charge in [-0.1, -0.05) is 59.1 Å². The number of anilines is 1. The van der Waals surface area contributed by atoms with E-state index in [1.54, 1.807) is 28.9 Å². The van der Waals surface area contributed by atoms with Gasteiger partial charge >= 0.3 is 0 Å². The molecular formula is C18H14Cl3N3O. The van der Waals surface area contributed by atoms with E-state index in [0.717, 1.165) is 11.3 Å². The summed E-state index contributed by atoms with van der Waals surface area (Å²) in [4.78, 5) is 12.4. The monoisotopic (exact) mass is 393 g/mol. The number of carbonyl (C=O) groups is 1. The molecule has 7 heteroatoms. The van der Waals surface area contributed by atoms with Crippen molar-refractivity contribution in [2.45, 2.75) is 13.5 Å². The van der Waals surface area contributed by atoms with Crippen LogP contribution in [0.4, 0.5) is 5.82 Å². The van der Waals surface area contributed by atoms with Crippen molar-refractivity contribution in [3.05, 3.63) is 80.4 Å². The molecule has 0 spiro atoms. The first-order chi connectivity index (χ1) is 12.0. The molecule has 1 amide bonds. The highest BCUT2D eigenvalue weighted by Crippen LogP contribution is 2.26. The smallest absolute Gasteiger partial charge is 0.258 e. The molecule has 0 saturated carbocycles. The maximum absolute atomic E-state index is 12.4. The van der Waals surface area contributed by atoms with Crippen LogP contribution < -0.4 is 5.32 Å². The van der Waals surface area contributed by atoms with Crippen molar-refractivity contribution in [3.63, 3.8) is 0 Å². The van der Waals surface area contributed by atoms with Gasteiger partial charge in [-0.3, -0.25) is 9.48 Å². The molecule has 4 nitrogen and oxygen atoms in total. The fourth-order valence-corrected chi connectivity index (χ4v) is 2.96. The number of hydrogen-bond donors (Lipinski definition) is 1. The van der Waals surface area contributed by atoms with Crippen LogP contribution in [0.15, 0.2) is 48.5 Å². The molecular weight excluding hydrogens is 381 g/mol. The van der Waals surface area contributed by atoms with Gasteiger partial charge in [0, 0.05) is 16.8 Å². The number of benzene rings is 2. The van der Waals surface area contributed by atoms with Gasteiger partial charge < -0.3 is 5.32 Å². The fourth-order valence-electron chi connectivity index (χ4n) is 2.38. The van der Waals surface area contributed by atoms with E-state index in [4.69, 9.17) is 34.8 Å². The Bertz CT molecular complexity index is 937. The average Bonchev–Trinajstić information content (AvgIpc) is 2.91. The number of nitrogens with zero attached hydrogens (tertiary/aromatic N) is 2. The lowest BCUT2D eigenvalue weighted by Gasteiger charge is -2.07. The molecule has 0 bridgehead atoms. The predicted octanol–water partition coefficient (Wildman–Crippen LogP) is 5.45. The van der Waals surface area contributed by atoms with E-state index in [1.807, 2.05) is 31.2 Å². The Morgan fingerprint density at radius 1 is 1.08 bits per heavy atom. The molecule has 1 aromatic heterocycles. The lowest BCUT2D eigenvalue weighted by Crippen LogP contribution is -2.13. The molecule has 2 aromatic carbocycles. The topological polar surface area (TPSA) is 46.9 Å². The van der Waals surface area contributed by atoms with Gasteiger partial charge in [0.1, 0.15) is 0 Å². The number of hydrogen-bond acceptors (Lipinski definition) is 2. The maximum atomic E-state index is 12.4. The van der Waals surface area contributed by atoms with E-state index in [2.05, 4.69) is 10.4 Å². The number of halogens is 3. The van der Waals surface area contributed by atoms with Crippen molar-refractivity contribution in [1.29, 1.82) is 0 Å². The third-order valence-electron chi connectivity index (χ3n) is 3.70. The van der Waals surface area contributed by atoms with Gasteiger partial charge in [-0.05, 0) is 30.7 Å². The zero-order valence-corrected chi connectivity index (χ0v) is 15.5. The molecule has 3 aromatic rings. The van der Waals surface area contributed by atoms with Crippen molar-refractivity contribution >= 4 is 46.5 Å². The summed E-state index contributed by atoms with van der Waals surface area (Å²) in [7, 11) is 0. The number of aromatic nitrogens is 2.